The number of aromatic hydroxyl groups is 1. The molecule has 0 aromatic heterocycles. The molecule has 0 spiro atoms. The Hall–Kier alpha value is -1.71. The van der Waals surface area contributed by atoms with Gasteiger partial charge in [-0.3, -0.25) is 4.79 Å². The molecule has 0 fully saturated rings. The molecule has 2 rings (SSSR count). The molecule has 0 aliphatic carbocycles. The van der Waals surface area contributed by atoms with Crippen LogP contribution in [-0.2, 0) is 4.79 Å². The predicted octanol–water partition coefficient (Wildman–Crippen LogP) is 3.84. The van der Waals surface area contributed by atoms with Crippen molar-refractivity contribution >= 4 is 57.9 Å². The summed E-state index contributed by atoms with van der Waals surface area (Å²) in [5.41, 5.74) is 2.99. The Bertz CT molecular complexity index is 815. The number of rotatable bonds is 6. The SMILES string of the molecule is COc1cc(C=NNC(=O)COc2ccc(Cl)cc2Cl)cc(I)c1O. The molecule has 0 radical (unpaired) electrons. The standard InChI is InChI=1S/C16H13Cl2IN2O4/c1-24-14-5-9(4-12(19)16(14)23)7-20-21-15(22)8-25-13-3-2-10(17)6-11(13)18/h2-7,23H,8H2,1H3,(H,21,22). The molecular weight excluding hydrogens is 482 g/mol. The van der Waals surface area contributed by atoms with Crippen LogP contribution in [0.15, 0.2) is 35.4 Å². The quantitative estimate of drug-likeness (QED) is 0.363. The second-order valence-corrected chi connectivity index (χ2v) is 6.72. The van der Waals surface area contributed by atoms with Gasteiger partial charge in [-0.15, -0.1) is 0 Å². The van der Waals surface area contributed by atoms with Crippen LogP contribution in [0, 0.1) is 3.57 Å². The molecule has 0 aliphatic rings. The number of amides is 1. The van der Waals surface area contributed by atoms with Crippen molar-refractivity contribution in [3.05, 3.63) is 49.5 Å². The highest BCUT2D eigenvalue weighted by Gasteiger charge is 2.08. The molecule has 6 nitrogen and oxygen atoms in total. The van der Waals surface area contributed by atoms with Gasteiger partial charge in [-0.25, -0.2) is 5.43 Å². The molecule has 0 bridgehead atoms. The normalized spacial score (nSPS) is 10.7. The van der Waals surface area contributed by atoms with E-state index in [4.69, 9.17) is 32.7 Å². The van der Waals surface area contributed by atoms with Crippen molar-refractivity contribution in [3.8, 4) is 17.2 Å². The molecule has 0 heterocycles. The first-order valence-corrected chi connectivity index (χ1v) is 8.70. The lowest BCUT2D eigenvalue weighted by atomic mass is 10.2. The van der Waals surface area contributed by atoms with Crippen LogP contribution in [0.1, 0.15) is 5.56 Å². The lowest BCUT2D eigenvalue weighted by molar-refractivity contribution is -0.123. The fraction of sp³-hybridized carbons (Fsp3) is 0.125. The molecule has 132 valence electrons. The topological polar surface area (TPSA) is 80.2 Å². The highest BCUT2D eigenvalue weighted by Crippen LogP contribution is 2.31. The van der Waals surface area contributed by atoms with Crippen LogP contribution in [0.4, 0.5) is 0 Å². The number of phenols is 1. The van der Waals surface area contributed by atoms with E-state index in [9.17, 15) is 9.90 Å². The summed E-state index contributed by atoms with van der Waals surface area (Å²) in [6, 6.07) is 7.99. The number of halogens is 3. The van der Waals surface area contributed by atoms with Gasteiger partial charge in [0, 0.05) is 5.02 Å². The van der Waals surface area contributed by atoms with E-state index >= 15 is 0 Å². The van der Waals surface area contributed by atoms with Gasteiger partial charge in [0.05, 0.1) is 21.9 Å². The van der Waals surface area contributed by atoms with Gasteiger partial charge in [0.15, 0.2) is 18.1 Å². The monoisotopic (exact) mass is 494 g/mol. The van der Waals surface area contributed by atoms with Crippen LogP contribution >= 0.6 is 45.8 Å². The lowest BCUT2D eigenvalue weighted by Crippen LogP contribution is -2.24. The third kappa shape index (κ3) is 5.65. The lowest BCUT2D eigenvalue weighted by Gasteiger charge is -2.07. The average Bonchev–Trinajstić information content (AvgIpc) is 2.57. The molecule has 1 amide bonds. The van der Waals surface area contributed by atoms with Crippen LogP contribution in [0.5, 0.6) is 17.2 Å². The summed E-state index contributed by atoms with van der Waals surface area (Å²) in [7, 11) is 1.45. The van der Waals surface area contributed by atoms with Gasteiger partial charge in [0.1, 0.15) is 5.75 Å². The fourth-order valence-corrected chi connectivity index (χ4v) is 2.86. The van der Waals surface area contributed by atoms with E-state index in [1.54, 1.807) is 24.3 Å². The number of benzene rings is 2. The number of hydrogen-bond acceptors (Lipinski definition) is 5. The molecule has 2 aromatic rings. The van der Waals surface area contributed by atoms with E-state index in [0.717, 1.165) is 0 Å². The van der Waals surface area contributed by atoms with Crippen molar-refractivity contribution in [2.45, 2.75) is 0 Å². The molecular formula is C16H13Cl2IN2O4. The Balaban J connectivity index is 1.91. The minimum atomic E-state index is -0.456. The summed E-state index contributed by atoms with van der Waals surface area (Å²) in [6.45, 7) is -0.255. The third-order valence-corrected chi connectivity index (χ3v) is 4.28. The van der Waals surface area contributed by atoms with Crippen molar-refractivity contribution in [1.82, 2.24) is 5.43 Å². The van der Waals surface area contributed by atoms with Gasteiger partial charge >= 0.3 is 0 Å². The summed E-state index contributed by atoms with van der Waals surface area (Å²) in [5.74, 6) is 0.267. The maximum atomic E-state index is 11.7. The molecule has 2 aromatic carbocycles. The summed E-state index contributed by atoms with van der Waals surface area (Å²) in [5, 5.41) is 14.4. The Morgan fingerprint density at radius 1 is 1.32 bits per heavy atom. The van der Waals surface area contributed by atoms with Crippen molar-refractivity contribution in [1.29, 1.82) is 0 Å². The second-order valence-electron chi connectivity index (χ2n) is 4.71. The molecule has 0 unspecified atom stereocenters. The number of ether oxygens (including phenoxy) is 2. The third-order valence-electron chi connectivity index (χ3n) is 2.93. The molecule has 9 heteroatoms. The van der Waals surface area contributed by atoms with Crippen LogP contribution in [0.25, 0.3) is 0 Å². The van der Waals surface area contributed by atoms with Gasteiger partial charge in [0.2, 0.25) is 0 Å². The highest BCUT2D eigenvalue weighted by molar-refractivity contribution is 14.1. The maximum absolute atomic E-state index is 11.7. The van der Waals surface area contributed by atoms with Crippen molar-refractivity contribution in [2.75, 3.05) is 13.7 Å². The van der Waals surface area contributed by atoms with Crippen molar-refractivity contribution < 1.29 is 19.4 Å². The Labute approximate surface area is 167 Å². The van der Waals surface area contributed by atoms with Crippen LogP contribution in [-0.4, -0.2) is 30.9 Å². The fourth-order valence-electron chi connectivity index (χ4n) is 1.77. The first-order chi connectivity index (χ1) is 11.9. The largest absolute Gasteiger partial charge is 0.504 e. The Kier molecular flexibility index (Phi) is 7.15. The van der Waals surface area contributed by atoms with Crippen LogP contribution in [0.2, 0.25) is 10.0 Å². The Morgan fingerprint density at radius 3 is 2.76 bits per heavy atom. The summed E-state index contributed by atoms with van der Waals surface area (Å²) in [6.07, 6.45) is 1.43. The van der Waals surface area contributed by atoms with E-state index in [2.05, 4.69) is 10.5 Å². The van der Waals surface area contributed by atoms with Crippen molar-refractivity contribution in [3.63, 3.8) is 0 Å². The second kappa shape index (κ2) is 9.12. The van der Waals surface area contributed by atoms with Gasteiger partial charge in [-0.2, -0.15) is 5.10 Å². The molecule has 25 heavy (non-hydrogen) atoms. The number of nitrogens with one attached hydrogen (secondary N) is 1. The average molecular weight is 495 g/mol. The minimum absolute atomic E-state index is 0.0533. The first kappa shape index (κ1) is 19.6. The van der Waals surface area contributed by atoms with E-state index in [1.807, 2.05) is 22.6 Å². The molecule has 2 N–H and O–H groups in total. The number of hydrogen-bond donors (Lipinski definition) is 2. The molecule has 0 saturated heterocycles. The summed E-state index contributed by atoms with van der Waals surface area (Å²) < 4.78 is 11.0. The zero-order valence-electron chi connectivity index (χ0n) is 12.9. The minimum Gasteiger partial charge on any atom is -0.504 e. The maximum Gasteiger partial charge on any atom is 0.277 e. The van der Waals surface area contributed by atoms with E-state index in [0.29, 0.717) is 30.7 Å². The Morgan fingerprint density at radius 2 is 2.08 bits per heavy atom. The predicted molar refractivity (Wildman–Crippen MR) is 105 cm³/mol. The highest BCUT2D eigenvalue weighted by atomic mass is 127. The van der Waals surface area contributed by atoms with Gasteiger partial charge < -0.3 is 14.6 Å². The number of hydrazone groups is 1. The molecule has 0 atom stereocenters. The smallest absolute Gasteiger partial charge is 0.277 e. The zero-order valence-corrected chi connectivity index (χ0v) is 16.6. The van der Waals surface area contributed by atoms with Gasteiger partial charge in [-0.05, 0) is 58.5 Å². The first-order valence-electron chi connectivity index (χ1n) is 6.87. The summed E-state index contributed by atoms with van der Waals surface area (Å²) in [4.78, 5) is 11.7. The van der Waals surface area contributed by atoms with E-state index in [1.165, 1.54) is 19.4 Å². The van der Waals surface area contributed by atoms with Gasteiger partial charge in [0.25, 0.3) is 5.91 Å². The van der Waals surface area contributed by atoms with E-state index in [-0.39, 0.29) is 12.4 Å². The summed E-state index contributed by atoms with van der Waals surface area (Å²) >= 11 is 13.7. The number of carbonyl (C=O) groups is 1. The number of carbonyl (C=O) groups excluding carboxylic acids is 1. The number of phenolic OH excluding ortho intramolecular Hbond substituents is 1. The van der Waals surface area contributed by atoms with Crippen LogP contribution < -0.4 is 14.9 Å². The zero-order chi connectivity index (χ0) is 18.4. The molecule has 0 saturated carbocycles. The number of nitrogens with zero attached hydrogens (tertiary/aromatic N) is 1. The van der Waals surface area contributed by atoms with Gasteiger partial charge in [-0.1, -0.05) is 23.2 Å². The number of methoxy groups -OCH3 is 1. The van der Waals surface area contributed by atoms with E-state index < -0.39 is 5.91 Å². The van der Waals surface area contributed by atoms with Crippen molar-refractivity contribution in [2.24, 2.45) is 5.10 Å². The van der Waals surface area contributed by atoms with Crippen LogP contribution in [0.3, 0.4) is 0 Å². The molecule has 0 aliphatic heterocycles.